The first-order valence-corrected chi connectivity index (χ1v) is 5.59. The molecule has 3 rings (SSSR count). The van der Waals surface area contributed by atoms with Gasteiger partial charge in [0.05, 0.1) is 5.39 Å². The molecule has 6 nitrogen and oxygen atoms in total. The largest absolute Gasteiger partial charge is 0.346 e. The van der Waals surface area contributed by atoms with E-state index in [1.165, 1.54) is 4.90 Å². The maximum atomic E-state index is 11.7. The lowest BCUT2D eigenvalue weighted by Crippen LogP contribution is -2.29. The average Bonchev–Trinajstić information content (AvgIpc) is 2.84. The highest BCUT2D eigenvalue weighted by molar-refractivity contribution is 6.34. The van der Waals surface area contributed by atoms with Gasteiger partial charge in [-0.3, -0.25) is 9.69 Å². The van der Waals surface area contributed by atoms with Crippen molar-refractivity contribution in [3.8, 4) is 0 Å². The molecule has 1 amide bonds. The van der Waals surface area contributed by atoms with Crippen LogP contribution in [0.4, 0.5) is 5.95 Å². The van der Waals surface area contributed by atoms with Gasteiger partial charge in [-0.15, -0.1) is 0 Å². The van der Waals surface area contributed by atoms with Gasteiger partial charge in [0.15, 0.2) is 0 Å². The molecule has 88 valence electrons. The van der Waals surface area contributed by atoms with Crippen LogP contribution < -0.4 is 10.6 Å². The van der Waals surface area contributed by atoms with Crippen LogP contribution in [-0.4, -0.2) is 33.4 Å². The van der Waals surface area contributed by atoms with E-state index in [9.17, 15) is 4.79 Å². The summed E-state index contributed by atoms with van der Waals surface area (Å²) in [6.07, 6.45) is 2.05. The third-order valence-corrected chi connectivity index (χ3v) is 3.04. The number of carbonyl (C=O) groups excluding carboxylic acids is 1. The van der Waals surface area contributed by atoms with Crippen LogP contribution in [0.15, 0.2) is 12.3 Å². The minimum absolute atomic E-state index is 0.0699. The summed E-state index contributed by atoms with van der Waals surface area (Å²) in [4.78, 5) is 24.5. The third kappa shape index (κ3) is 1.65. The quantitative estimate of drug-likeness (QED) is 0.730. The number of nitrogens with two attached hydrogens (primary N) is 1. The Morgan fingerprint density at radius 1 is 1.53 bits per heavy atom. The van der Waals surface area contributed by atoms with E-state index in [1.54, 1.807) is 12.3 Å². The van der Waals surface area contributed by atoms with Crippen molar-refractivity contribution in [3.05, 3.63) is 17.4 Å². The number of hydrogen-bond acceptors (Lipinski definition) is 4. The second-order valence-corrected chi connectivity index (χ2v) is 4.38. The van der Waals surface area contributed by atoms with Crippen LogP contribution >= 0.6 is 11.6 Å². The number of fused-ring (bicyclic) bond motifs is 1. The Balaban J connectivity index is 2.08. The van der Waals surface area contributed by atoms with E-state index in [0.717, 1.165) is 5.39 Å². The van der Waals surface area contributed by atoms with E-state index >= 15 is 0 Å². The molecule has 3 N–H and O–H groups in total. The van der Waals surface area contributed by atoms with Crippen molar-refractivity contribution in [1.82, 2.24) is 15.0 Å². The zero-order chi connectivity index (χ0) is 12.0. The molecule has 1 saturated heterocycles. The molecule has 1 atom stereocenters. The predicted octanol–water partition coefficient (Wildman–Crippen LogP) is 0.675. The Bertz CT molecular complexity index is 595. The van der Waals surface area contributed by atoms with Gasteiger partial charge in [-0.1, -0.05) is 11.6 Å². The number of aromatic amines is 1. The number of rotatable bonds is 1. The van der Waals surface area contributed by atoms with Crippen LogP contribution in [0.25, 0.3) is 11.0 Å². The molecule has 0 saturated carbocycles. The van der Waals surface area contributed by atoms with Gasteiger partial charge in [0.1, 0.15) is 10.8 Å². The summed E-state index contributed by atoms with van der Waals surface area (Å²) in [6.45, 7) is 0.432. The summed E-state index contributed by atoms with van der Waals surface area (Å²) in [5, 5.41) is 1.07. The molecule has 0 aliphatic carbocycles. The van der Waals surface area contributed by atoms with E-state index in [0.29, 0.717) is 29.7 Å². The van der Waals surface area contributed by atoms with Crippen LogP contribution in [0.5, 0.6) is 0 Å². The van der Waals surface area contributed by atoms with Crippen LogP contribution in [0.2, 0.25) is 5.15 Å². The van der Waals surface area contributed by atoms with E-state index in [4.69, 9.17) is 17.3 Å². The molecule has 3 heterocycles. The zero-order valence-corrected chi connectivity index (χ0v) is 9.61. The summed E-state index contributed by atoms with van der Waals surface area (Å²) >= 11 is 6.03. The molecular formula is C10H10ClN5O. The first kappa shape index (κ1) is 10.5. The molecule has 1 aliphatic heterocycles. The van der Waals surface area contributed by atoms with Crippen molar-refractivity contribution < 1.29 is 4.79 Å². The third-order valence-electron chi connectivity index (χ3n) is 2.75. The van der Waals surface area contributed by atoms with E-state index in [1.807, 2.05) is 0 Å². The van der Waals surface area contributed by atoms with Gasteiger partial charge in [-0.2, -0.15) is 9.97 Å². The molecule has 1 aliphatic rings. The molecule has 2 aromatic heterocycles. The lowest BCUT2D eigenvalue weighted by atomic mass is 10.3. The van der Waals surface area contributed by atoms with Crippen LogP contribution in [0, 0.1) is 0 Å². The molecule has 2 aromatic rings. The summed E-state index contributed by atoms with van der Waals surface area (Å²) in [6, 6.07) is 1.63. The van der Waals surface area contributed by atoms with E-state index in [2.05, 4.69) is 15.0 Å². The molecule has 1 fully saturated rings. The van der Waals surface area contributed by atoms with Gasteiger partial charge >= 0.3 is 0 Å². The summed E-state index contributed by atoms with van der Waals surface area (Å²) in [7, 11) is 0. The minimum Gasteiger partial charge on any atom is -0.346 e. The maximum Gasteiger partial charge on any atom is 0.235 e. The monoisotopic (exact) mass is 251 g/mol. The molecule has 0 radical (unpaired) electrons. The van der Waals surface area contributed by atoms with Crippen molar-refractivity contribution in [2.45, 2.75) is 12.5 Å². The maximum absolute atomic E-state index is 11.7. The van der Waals surface area contributed by atoms with Crippen molar-refractivity contribution in [2.75, 3.05) is 11.4 Å². The molecule has 7 heteroatoms. The fraction of sp³-hybridized carbons (Fsp3) is 0.300. The number of halogens is 1. The van der Waals surface area contributed by atoms with Gasteiger partial charge in [0.2, 0.25) is 11.9 Å². The number of H-pyrrole nitrogens is 1. The highest BCUT2D eigenvalue weighted by Crippen LogP contribution is 2.24. The molecule has 0 spiro atoms. The number of aromatic nitrogens is 3. The summed E-state index contributed by atoms with van der Waals surface area (Å²) in [5.41, 5.74) is 6.34. The lowest BCUT2D eigenvalue weighted by molar-refractivity contribution is -0.117. The Hall–Kier alpha value is -1.66. The highest BCUT2D eigenvalue weighted by Gasteiger charge is 2.30. The Morgan fingerprint density at radius 2 is 2.35 bits per heavy atom. The number of carbonyl (C=O) groups is 1. The van der Waals surface area contributed by atoms with Gasteiger partial charge in [0, 0.05) is 25.2 Å². The van der Waals surface area contributed by atoms with E-state index in [-0.39, 0.29) is 11.9 Å². The topological polar surface area (TPSA) is 87.9 Å². The Labute approximate surface area is 102 Å². The smallest absolute Gasteiger partial charge is 0.235 e. The normalized spacial score (nSPS) is 20.5. The molecule has 0 aromatic carbocycles. The van der Waals surface area contributed by atoms with E-state index < -0.39 is 0 Å². The Morgan fingerprint density at radius 3 is 3.06 bits per heavy atom. The minimum atomic E-state index is -0.163. The molecule has 0 bridgehead atoms. The second kappa shape index (κ2) is 3.68. The van der Waals surface area contributed by atoms with Crippen LogP contribution in [-0.2, 0) is 4.79 Å². The first-order chi connectivity index (χ1) is 8.15. The van der Waals surface area contributed by atoms with Gasteiger partial charge in [0.25, 0.3) is 0 Å². The van der Waals surface area contributed by atoms with Crippen LogP contribution in [0.1, 0.15) is 6.42 Å². The Kier molecular flexibility index (Phi) is 2.27. The first-order valence-electron chi connectivity index (χ1n) is 5.22. The fourth-order valence-corrected chi connectivity index (χ4v) is 2.17. The van der Waals surface area contributed by atoms with Gasteiger partial charge in [-0.05, 0) is 6.07 Å². The van der Waals surface area contributed by atoms with Crippen molar-refractivity contribution in [3.63, 3.8) is 0 Å². The van der Waals surface area contributed by atoms with Gasteiger partial charge < -0.3 is 10.7 Å². The van der Waals surface area contributed by atoms with Gasteiger partial charge in [-0.25, -0.2) is 0 Å². The predicted molar refractivity (Wildman–Crippen MR) is 63.8 cm³/mol. The van der Waals surface area contributed by atoms with Crippen molar-refractivity contribution >= 4 is 34.5 Å². The molecular weight excluding hydrogens is 242 g/mol. The van der Waals surface area contributed by atoms with Crippen molar-refractivity contribution in [1.29, 1.82) is 0 Å². The number of hydrogen-bond donors (Lipinski definition) is 2. The zero-order valence-electron chi connectivity index (χ0n) is 8.85. The number of nitrogens with one attached hydrogen (secondary N) is 1. The number of amides is 1. The molecule has 17 heavy (non-hydrogen) atoms. The fourth-order valence-electron chi connectivity index (χ4n) is 1.94. The van der Waals surface area contributed by atoms with Crippen LogP contribution in [0.3, 0.4) is 0 Å². The summed E-state index contributed by atoms with van der Waals surface area (Å²) < 4.78 is 0. The van der Waals surface area contributed by atoms with Crippen molar-refractivity contribution in [2.24, 2.45) is 5.73 Å². The molecule has 1 unspecified atom stereocenters. The standard InChI is InChI=1S/C10H10ClN5O/c11-8-6-1-2-13-9(6)15-10(14-8)16-4-5(12)3-7(16)17/h1-2,5H,3-4,12H2,(H,13,14,15). The summed E-state index contributed by atoms with van der Waals surface area (Å²) in [5.74, 6) is 0.238. The lowest BCUT2D eigenvalue weighted by Gasteiger charge is -2.13. The second-order valence-electron chi connectivity index (χ2n) is 4.02. The number of anilines is 1. The number of nitrogens with zero attached hydrogens (tertiary/aromatic N) is 3. The SMILES string of the molecule is NC1CC(=O)N(c2nc(Cl)c3cc[nH]c3n2)C1. The highest BCUT2D eigenvalue weighted by atomic mass is 35.5. The average molecular weight is 252 g/mol.